The SMILES string of the molecule is O=C([O-])c1cc2c(Cl)nc(-c3ccccc3)nc2n1S(=O)(=O)c1ccccc1.[Li+]. The molecule has 29 heavy (non-hydrogen) atoms. The Morgan fingerprint density at radius 2 is 1.55 bits per heavy atom. The number of carboxylic acids is 1. The second-order valence-electron chi connectivity index (χ2n) is 5.84. The van der Waals surface area contributed by atoms with E-state index in [4.69, 9.17) is 11.6 Å². The average Bonchev–Trinajstić information content (AvgIpc) is 3.11. The maximum atomic E-state index is 13.2. The molecule has 0 atom stereocenters. The molecule has 4 rings (SSSR count). The van der Waals surface area contributed by atoms with Crippen LogP contribution in [0.25, 0.3) is 22.4 Å². The minimum absolute atomic E-state index is 0. The molecule has 4 aromatic rings. The molecule has 0 bridgehead atoms. The fraction of sp³-hybridized carbons (Fsp3) is 0. The molecule has 7 nitrogen and oxygen atoms in total. The summed E-state index contributed by atoms with van der Waals surface area (Å²) in [5, 5.41) is 11.7. The molecular weight excluding hydrogens is 409 g/mol. The van der Waals surface area contributed by atoms with Gasteiger partial charge in [-0.05, 0) is 18.2 Å². The number of halogens is 1. The van der Waals surface area contributed by atoms with Crippen LogP contribution in [0, 0.1) is 0 Å². The van der Waals surface area contributed by atoms with Crippen molar-refractivity contribution in [2.45, 2.75) is 4.90 Å². The molecule has 0 radical (unpaired) electrons. The van der Waals surface area contributed by atoms with Crippen molar-refractivity contribution >= 4 is 38.6 Å². The number of fused-ring (bicyclic) bond motifs is 1. The summed E-state index contributed by atoms with van der Waals surface area (Å²) in [7, 11) is -4.27. The third-order valence-electron chi connectivity index (χ3n) is 4.09. The molecule has 0 aliphatic carbocycles. The van der Waals surface area contributed by atoms with E-state index >= 15 is 0 Å². The van der Waals surface area contributed by atoms with Gasteiger partial charge in [-0.15, -0.1) is 0 Å². The molecule has 10 heteroatoms. The first kappa shape index (κ1) is 21.1. The predicted molar refractivity (Wildman–Crippen MR) is 101 cm³/mol. The van der Waals surface area contributed by atoms with E-state index < -0.39 is 21.7 Å². The first-order valence-electron chi connectivity index (χ1n) is 8.06. The maximum absolute atomic E-state index is 13.2. The van der Waals surface area contributed by atoms with Crippen LogP contribution in [-0.2, 0) is 10.0 Å². The van der Waals surface area contributed by atoms with E-state index in [0.29, 0.717) is 9.54 Å². The van der Waals surface area contributed by atoms with Crippen LogP contribution in [0.1, 0.15) is 10.5 Å². The molecule has 140 valence electrons. The Morgan fingerprint density at radius 3 is 2.14 bits per heavy atom. The molecular formula is C19H11ClLiN3O4S. The molecule has 0 unspecified atom stereocenters. The molecule has 0 aliphatic rings. The van der Waals surface area contributed by atoms with E-state index in [-0.39, 0.29) is 45.8 Å². The summed E-state index contributed by atoms with van der Waals surface area (Å²) in [6.45, 7) is 0. The molecule has 2 aromatic heterocycles. The number of aromatic carboxylic acids is 1. The van der Waals surface area contributed by atoms with Crippen molar-refractivity contribution in [3.8, 4) is 11.4 Å². The van der Waals surface area contributed by atoms with Crippen LogP contribution >= 0.6 is 11.6 Å². The fourth-order valence-electron chi connectivity index (χ4n) is 2.82. The van der Waals surface area contributed by atoms with Gasteiger partial charge in [0.2, 0.25) is 0 Å². The van der Waals surface area contributed by atoms with Gasteiger partial charge in [0, 0.05) is 5.56 Å². The van der Waals surface area contributed by atoms with Gasteiger partial charge in [-0.3, -0.25) is 0 Å². The Kier molecular flexibility index (Phi) is 5.82. The standard InChI is InChI=1S/C19H12ClN3O4S.Li/c20-16-14-11-15(19(24)25)23(28(26,27)13-9-5-2-6-10-13)18(14)22-17(21-16)12-7-3-1-4-8-12;/h1-11H,(H,24,25);/q;+1/p-1. The van der Waals surface area contributed by atoms with Crippen LogP contribution in [0.5, 0.6) is 0 Å². The van der Waals surface area contributed by atoms with Crippen molar-refractivity contribution < 1.29 is 37.2 Å². The topological polar surface area (TPSA) is 105 Å². The molecule has 0 fully saturated rings. The minimum Gasteiger partial charge on any atom is -0.543 e. The van der Waals surface area contributed by atoms with Crippen molar-refractivity contribution in [3.05, 3.63) is 77.6 Å². The summed E-state index contributed by atoms with van der Waals surface area (Å²) in [5.74, 6) is -1.50. The van der Waals surface area contributed by atoms with Gasteiger partial charge in [-0.2, -0.15) is 0 Å². The first-order valence-corrected chi connectivity index (χ1v) is 9.88. The van der Waals surface area contributed by atoms with Gasteiger partial charge in [0.05, 0.1) is 21.9 Å². The zero-order valence-electron chi connectivity index (χ0n) is 15.1. The van der Waals surface area contributed by atoms with E-state index in [9.17, 15) is 18.3 Å². The molecule has 0 aliphatic heterocycles. The van der Waals surface area contributed by atoms with Gasteiger partial charge in [0.15, 0.2) is 11.5 Å². The van der Waals surface area contributed by atoms with E-state index in [2.05, 4.69) is 9.97 Å². The Bertz CT molecular complexity index is 1310. The number of carbonyl (C=O) groups excluding carboxylic acids is 1. The van der Waals surface area contributed by atoms with Crippen LogP contribution in [0.15, 0.2) is 71.6 Å². The van der Waals surface area contributed by atoms with Crippen LogP contribution < -0.4 is 24.0 Å². The molecule has 0 spiro atoms. The van der Waals surface area contributed by atoms with Gasteiger partial charge in [-0.1, -0.05) is 60.1 Å². The average molecular weight is 420 g/mol. The van der Waals surface area contributed by atoms with Gasteiger partial charge < -0.3 is 9.90 Å². The number of carbonyl (C=O) groups is 1. The zero-order chi connectivity index (χ0) is 19.9. The van der Waals surface area contributed by atoms with E-state index in [1.165, 1.54) is 24.3 Å². The normalized spacial score (nSPS) is 11.2. The van der Waals surface area contributed by atoms with Crippen molar-refractivity contribution in [2.24, 2.45) is 0 Å². The van der Waals surface area contributed by atoms with Crippen molar-refractivity contribution in [1.29, 1.82) is 0 Å². The Hall–Kier alpha value is -2.63. The van der Waals surface area contributed by atoms with Crippen LogP contribution in [0.4, 0.5) is 0 Å². The van der Waals surface area contributed by atoms with Gasteiger partial charge in [-0.25, -0.2) is 22.4 Å². The smallest absolute Gasteiger partial charge is 0.543 e. The molecule has 0 saturated carbocycles. The van der Waals surface area contributed by atoms with E-state index in [1.807, 2.05) is 0 Å². The fourth-order valence-corrected chi connectivity index (χ4v) is 4.50. The number of benzene rings is 2. The summed E-state index contributed by atoms with van der Waals surface area (Å²) in [6, 6.07) is 17.4. The summed E-state index contributed by atoms with van der Waals surface area (Å²) in [5.41, 5.74) is -0.117. The van der Waals surface area contributed by atoms with E-state index in [1.54, 1.807) is 36.4 Å². The van der Waals surface area contributed by atoms with Gasteiger partial charge in [0.25, 0.3) is 10.0 Å². The van der Waals surface area contributed by atoms with Gasteiger partial charge >= 0.3 is 18.9 Å². The number of carboxylic acid groups (broad SMARTS) is 1. The quantitative estimate of drug-likeness (QED) is 0.322. The summed E-state index contributed by atoms with van der Waals surface area (Å²) >= 11 is 6.23. The number of rotatable bonds is 4. The third kappa shape index (κ3) is 3.68. The molecule has 2 aromatic carbocycles. The second-order valence-corrected chi connectivity index (χ2v) is 7.99. The minimum atomic E-state index is -4.27. The molecule has 0 amide bonds. The molecule has 2 heterocycles. The summed E-state index contributed by atoms with van der Waals surface area (Å²) in [4.78, 5) is 20.0. The van der Waals surface area contributed by atoms with Crippen molar-refractivity contribution in [3.63, 3.8) is 0 Å². The Labute approximate surface area is 183 Å². The van der Waals surface area contributed by atoms with Crippen LogP contribution in [0.2, 0.25) is 5.15 Å². The van der Waals surface area contributed by atoms with Gasteiger partial charge in [0.1, 0.15) is 5.15 Å². The van der Waals surface area contributed by atoms with Crippen LogP contribution in [-0.4, -0.2) is 28.3 Å². The number of nitrogens with zero attached hydrogens (tertiary/aromatic N) is 3. The number of hydrogen-bond donors (Lipinski definition) is 0. The summed E-state index contributed by atoms with van der Waals surface area (Å²) in [6.07, 6.45) is 0. The third-order valence-corrected chi connectivity index (χ3v) is 6.10. The molecule has 0 saturated heterocycles. The zero-order valence-corrected chi connectivity index (χ0v) is 16.7. The first-order chi connectivity index (χ1) is 13.4. The van der Waals surface area contributed by atoms with Crippen molar-refractivity contribution in [1.82, 2.24) is 13.9 Å². The van der Waals surface area contributed by atoms with E-state index in [0.717, 1.165) is 6.07 Å². The van der Waals surface area contributed by atoms with Crippen LogP contribution in [0.3, 0.4) is 0 Å². The monoisotopic (exact) mass is 419 g/mol. The van der Waals surface area contributed by atoms with Crippen molar-refractivity contribution in [2.75, 3.05) is 0 Å². The number of aromatic nitrogens is 3. The maximum Gasteiger partial charge on any atom is 1.00 e. The largest absolute Gasteiger partial charge is 1.00 e. The second kappa shape index (κ2) is 8.01. The Balaban J connectivity index is 0.00000240. The Morgan fingerprint density at radius 1 is 0.966 bits per heavy atom. The number of hydrogen-bond acceptors (Lipinski definition) is 6. The molecule has 0 N–H and O–H groups in total. The summed E-state index contributed by atoms with van der Waals surface area (Å²) < 4.78 is 27.0. The predicted octanol–water partition coefficient (Wildman–Crippen LogP) is -0.644.